The van der Waals surface area contributed by atoms with Gasteiger partial charge in [0.05, 0.1) is 0 Å². The van der Waals surface area contributed by atoms with E-state index in [4.69, 9.17) is 95.5 Å². The average Bonchev–Trinajstić information content (AvgIpc) is 1.94. The van der Waals surface area contributed by atoms with E-state index in [1.165, 1.54) is 0 Å². The molecule has 0 atom stereocenters. The second-order valence-electron chi connectivity index (χ2n) is 2.57. The van der Waals surface area contributed by atoms with Crippen molar-refractivity contribution in [3.63, 3.8) is 0 Å². The zero-order chi connectivity index (χ0) is 27.0. The number of quaternary nitrogens is 2. The Morgan fingerprint density at radius 3 is 0.394 bits per heavy atom. The van der Waals surface area contributed by atoms with Gasteiger partial charge in [-0.15, -0.1) is 0 Å². The van der Waals surface area contributed by atoms with E-state index in [1.807, 2.05) is 0 Å². The first kappa shape index (κ1) is 59.6. The quantitative estimate of drug-likeness (QED) is 0.0635. The molecule has 0 rings (SSSR count). The molecule has 208 valence electrons. The summed E-state index contributed by atoms with van der Waals surface area (Å²) in [6.07, 6.45) is 0. The second kappa shape index (κ2) is 25.2. The Morgan fingerprint density at radius 2 is 0.394 bits per heavy atom. The van der Waals surface area contributed by atoms with Gasteiger partial charge in [0.15, 0.2) is 0 Å². The monoisotopic (exact) mass is 956 g/mol. The molecule has 0 radical (unpaired) electrons. The fraction of sp³-hybridized carbons (Fsp3) is 0. The molecule has 0 unspecified atom stereocenters. The Bertz CT molecular complexity index is 777. The molecule has 0 amide bonds. The number of hydrogen-bond donors (Lipinski definition) is 8. The van der Waals surface area contributed by atoms with Gasteiger partial charge < -0.3 is 39.6 Å². The number of hydrogen-bond acceptors (Lipinski definition) is 18. The molecule has 0 saturated heterocycles. The molecule has 0 saturated carbocycles. The van der Waals surface area contributed by atoms with Crippen LogP contribution >= 0.6 is 0 Å². The molecular weight excluding hydrogens is 936 g/mol. The Hall–Kier alpha value is 1.53. The summed E-state index contributed by atoms with van der Waals surface area (Å²) in [6, 6.07) is 0. The van der Waals surface area contributed by atoms with Gasteiger partial charge in [-0.1, -0.05) is 0 Å². The van der Waals surface area contributed by atoms with Crippen molar-refractivity contribution in [2.45, 2.75) is 0 Å². The molecule has 0 bridgehead atoms. The zero-order valence-electron chi connectivity index (χ0n) is 15.0. The van der Waals surface area contributed by atoms with Crippen molar-refractivity contribution in [1.29, 1.82) is 0 Å². The Balaban J connectivity index is -0.0000000294. The van der Waals surface area contributed by atoms with Crippen molar-refractivity contribution in [1.82, 2.24) is 12.3 Å². The SMILES string of the molecule is O=S(=O)([O-])[O-].O=S(=O)([O-])[O-].O=S(=O)([O-])[O-].[Ce+4].[NH4+].[NH4+].[O]=[Mo](=[O])([OH])[OH].[O]=[Mo](=[O])([OH])[OH].[O]=[Mo](=[O])([OH])[OH]. The Labute approximate surface area is 228 Å². The maximum absolute atomic E-state index is 8.85. The van der Waals surface area contributed by atoms with Gasteiger partial charge in [-0.3, -0.25) is 25.3 Å². The van der Waals surface area contributed by atoms with E-state index in [-0.39, 0.29) is 54.0 Å². The van der Waals surface area contributed by atoms with E-state index >= 15 is 0 Å². The normalized spacial score (nSPS) is 10.5. The standard InChI is InChI=1S/Ce.3Mo.2H3N.3H2O4S.6H2O.6O/c;;;;;;3*1-5(2,3)4;;;;;;;;;;;;/h;;;;2*1H3;3*(H2,1,2,3,4);6*1H2;;;;;;/q+4;3*+2;;;;;;;;;;;;;;;;;/p-10. The van der Waals surface area contributed by atoms with E-state index < -0.39 is 81.4 Å². The van der Waals surface area contributed by atoms with Crippen molar-refractivity contribution in [3.05, 3.63) is 0 Å². The molecule has 0 spiro atoms. The minimum absolute atomic E-state index is 0. The van der Waals surface area contributed by atoms with Crippen molar-refractivity contribution >= 4 is 31.2 Å². The third-order valence-corrected chi connectivity index (χ3v) is 0. The molecule has 14 N–H and O–H groups in total. The first-order valence-electron chi connectivity index (χ1n) is 4.10. The minimum atomic E-state index is -5.52. The molecule has 0 aliphatic carbocycles. The van der Waals surface area contributed by atoms with Gasteiger partial charge in [0.1, 0.15) is 0 Å². The summed E-state index contributed by atoms with van der Waals surface area (Å²) in [5, 5.41) is 0. The van der Waals surface area contributed by atoms with Crippen molar-refractivity contribution in [2.75, 3.05) is 0 Å². The third kappa shape index (κ3) is 14200. The van der Waals surface area contributed by atoms with Crippen LogP contribution in [0.25, 0.3) is 0 Å². The molecule has 0 aromatic rings. The summed E-state index contributed by atoms with van der Waals surface area (Å²) in [5.41, 5.74) is 0. The van der Waals surface area contributed by atoms with Crippen molar-refractivity contribution in [2.24, 2.45) is 0 Å². The van der Waals surface area contributed by atoms with Crippen LogP contribution in [0.3, 0.4) is 0 Å². The predicted molar refractivity (Wildman–Crippen MR) is 60.8 cm³/mol. The maximum atomic E-state index is 8.85. The van der Waals surface area contributed by atoms with Gasteiger partial charge in [0.25, 0.3) is 0 Å². The Kier molecular flexibility index (Phi) is 45.5. The van der Waals surface area contributed by atoms with Crippen LogP contribution in [0.2, 0.25) is 0 Å². The van der Waals surface area contributed by atoms with E-state index in [0.29, 0.717) is 0 Å². The molecule has 0 aliphatic heterocycles. The van der Waals surface area contributed by atoms with Crippen LogP contribution in [0.1, 0.15) is 0 Å². The van der Waals surface area contributed by atoms with Crippen LogP contribution in [-0.2, 0) is 102 Å². The first-order chi connectivity index (χ1) is 12.0. The molecule has 0 aromatic heterocycles. The van der Waals surface area contributed by atoms with Crippen LogP contribution < -0.4 is 12.3 Å². The van der Waals surface area contributed by atoms with Crippen LogP contribution in [0.5, 0.6) is 0 Å². The molecule has 33 heavy (non-hydrogen) atoms. The topological polar surface area (TPSA) is 538 Å². The summed E-state index contributed by atoms with van der Waals surface area (Å²) in [5.74, 6) is 0. The van der Waals surface area contributed by atoms with Crippen LogP contribution in [0.15, 0.2) is 0 Å². The van der Waals surface area contributed by atoms with E-state index in [0.717, 1.165) is 0 Å². The predicted octanol–water partition coefficient (Wildman–Crippen LogP) is -7.32. The average molecular weight is 950 g/mol. The summed E-state index contributed by atoms with van der Waals surface area (Å²) in [6.45, 7) is 0. The Morgan fingerprint density at radius 1 is 0.394 bits per heavy atom. The van der Waals surface area contributed by atoms with Gasteiger partial charge >= 0.3 is 135 Å². The zero-order valence-corrected chi connectivity index (χ0v) is 26.6. The molecule has 0 aliphatic rings. The molecular formula is H14CeMo3N2O24S3. The fourth-order valence-corrected chi connectivity index (χ4v) is 0. The van der Waals surface area contributed by atoms with Crippen LogP contribution in [0.4, 0.5) is 0 Å². The molecule has 0 aromatic carbocycles. The van der Waals surface area contributed by atoms with E-state index in [2.05, 4.69) is 0 Å². The third-order valence-electron chi connectivity index (χ3n) is 0. The first-order valence-corrected chi connectivity index (χ1v) is 18.4. The summed E-state index contributed by atoms with van der Waals surface area (Å²) < 4.78 is 198. The summed E-state index contributed by atoms with van der Waals surface area (Å²) in [4.78, 5) is 0. The molecule has 0 heterocycles. The van der Waals surface area contributed by atoms with E-state index in [9.17, 15) is 0 Å². The fourth-order valence-electron chi connectivity index (χ4n) is 0. The van der Waals surface area contributed by atoms with Gasteiger partial charge in [-0.05, 0) is 0 Å². The van der Waals surface area contributed by atoms with Gasteiger partial charge in [0, 0.05) is 31.2 Å². The van der Waals surface area contributed by atoms with Crippen molar-refractivity contribution < 1.29 is 188 Å². The van der Waals surface area contributed by atoms with Gasteiger partial charge in [0.2, 0.25) is 0 Å². The van der Waals surface area contributed by atoms with E-state index in [1.54, 1.807) is 0 Å². The second-order valence-corrected chi connectivity index (χ2v) is 11.6. The molecule has 33 heteroatoms. The molecule has 0 fully saturated rings. The van der Waals surface area contributed by atoms with Crippen LogP contribution in [0, 0.1) is 41.7 Å². The molecule has 26 nitrogen and oxygen atoms in total. The summed E-state index contributed by atoms with van der Waals surface area (Å²) >= 11 is -16.6. The van der Waals surface area contributed by atoms with Crippen LogP contribution in [-0.4, -0.2) is 75.1 Å². The van der Waals surface area contributed by atoms with Gasteiger partial charge in [-0.2, -0.15) is 0 Å². The van der Waals surface area contributed by atoms with Gasteiger partial charge in [-0.25, -0.2) is 0 Å². The number of rotatable bonds is 0. The van der Waals surface area contributed by atoms with Crippen molar-refractivity contribution in [3.8, 4) is 0 Å². The summed E-state index contributed by atoms with van der Waals surface area (Å²) in [7, 11) is -15.5.